The van der Waals surface area contributed by atoms with Gasteiger partial charge in [-0.2, -0.15) is 0 Å². The van der Waals surface area contributed by atoms with Crippen molar-refractivity contribution >= 4 is 29.3 Å². The molecular formula is C20H22N2O2S. The number of anilines is 1. The van der Waals surface area contributed by atoms with Gasteiger partial charge in [-0.25, -0.2) is 0 Å². The van der Waals surface area contributed by atoms with Crippen molar-refractivity contribution in [2.45, 2.75) is 24.2 Å². The molecule has 2 aromatic carbocycles. The third-order valence-electron chi connectivity index (χ3n) is 4.45. The molecule has 4 nitrogen and oxygen atoms in total. The minimum absolute atomic E-state index is 0.0264. The van der Waals surface area contributed by atoms with Gasteiger partial charge in [-0.3, -0.25) is 9.59 Å². The SMILES string of the molecule is CSc1ccccc1NC(=O)CN(C)C(=O)c1ccc2c(c1)CCC2. The quantitative estimate of drug-likeness (QED) is 0.835. The van der Waals surface area contributed by atoms with Crippen LogP contribution < -0.4 is 5.32 Å². The topological polar surface area (TPSA) is 49.4 Å². The summed E-state index contributed by atoms with van der Waals surface area (Å²) in [4.78, 5) is 27.4. The first-order chi connectivity index (χ1) is 12.1. The van der Waals surface area contributed by atoms with E-state index in [9.17, 15) is 9.59 Å². The summed E-state index contributed by atoms with van der Waals surface area (Å²) in [5.74, 6) is -0.318. The van der Waals surface area contributed by atoms with Gasteiger partial charge in [0.2, 0.25) is 5.91 Å². The fraction of sp³-hybridized carbons (Fsp3) is 0.300. The molecule has 0 fully saturated rings. The van der Waals surface area contributed by atoms with E-state index in [1.54, 1.807) is 18.8 Å². The number of likely N-dealkylation sites (N-methyl/N-ethyl adjacent to an activating group) is 1. The maximum absolute atomic E-state index is 12.6. The second kappa shape index (κ2) is 7.74. The van der Waals surface area contributed by atoms with Crippen LogP contribution in [0.3, 0.4) is 0 Å². The Morgan fingerprint density at radius 3 is 2.68 bits per heavy atom. The molecular weight excluding hydrogens is 332 g/mol. The van der Waals surface area contributed by atoms with E-state index in [4.69, 9.17) is 0 Å². The number of nitrogens with zero attached hydrogens (tertiary/aromatic N) is 1. The standard InChI is InChI=1S/C20H22N2O2S/c1-22(13-19(23)21-17-8-3-4-9-18(17)25-2)20(24)16-11-10-14-6-5-7-15(14)12-16/h3-4,8-12H,5-7,13H2,1-2H3,(H,21,23). The maximum Gasteiger partial charge on any atom is 0.254 e. The summed E-state index contributed by atoms with van der Waals surface area (Å²) in [6.45, 7) is 0.0264. The van der Waals surface area contributed by atoms with Crippen LogP contribution in [0.15, 0.2) is 47.4 Å². The highest BCUT2D eigenvalue weighted by Gasteiger charge is 2.18. The number of fused-ring (bicyclic) bond motifs is 1. The summed E-state index contributed by atoms with van der Waals surface area (Å²) in [5, 5.41) is 2.89. The lowest BCUT2D eigenvalue weighted by molar-refractivity contribution is -0.116. The average molecular weight is 354 g/mol. The third kappa shape index (κ3) is 4.04. The van der Waals surface area contributed by atoms with Crippen molar-refractivity contribution in [2.75, 3.05) is 25.2 Å². The summed E-state index contributed by atoms with van der Waals surface area (Å²) < 4.78 is 0. The van der Waals surface area contributed by atoms with Gasteiger partial charge in [0.25, 0.3) is 5.91 Å². The van der Waals surface area contributed by atoms with Crippen LogP contribution in [0.25, 0.3) is 0 Å². The molecule has 2 aromatic rings. The van der Waals surface area contributed by atoms with Crippen LogP contribution in [0.2, 0.25) is 0 Å². The van der Waals surface area contributed by atoms with Gasteiger partial charge in [0.15, 0.2) is 0 Å². The number of benzene rings is 2. The second-order valence-electron chi connectivity index (χ2n) is 6.25. The van der Waals surface area contributed by atoms with Crippen molar-refractivity contribution in [3.8, 4) is 0 Å². The smallest absolute Gasteiger partial charge is 0.254 e. The molecule has 130 valence electrons. The Kier molecular flexibility index (Phi) is 5.43. The van der Waals surface area contributed by atoms with Gasteiger partial charge in [-0.05, 0) is 60.9 Å². The highest BCUT2D eigenvalue weighted by Crippen LogP contribution is 2.25. The molecule has 0 saturated heterocycles. The summed E-state index contributed by atoms with van der Waals surface area (Å²) in [6.07, 6.45) is 5.25. The van der Waals surface area contributed by atoms with Crippen LogP contribution in [-0.2, 0) is 17.6 Å². The van der Waals surface area contributed by atoms with Crippen molar-refractivity contribution in [2.24, 2.45) is 0 Å². The zero-order chi connectivity index (χ0) is 17.8. The van der Waals surface area contributed by atoms with Crippen LogP contribution in [0.1, 0.15) is 27.9 Å². The van der Waals surface area contributed by atoms with Crippen molar-refractivity contribution in [3.63, 3.8) is 0 Å². The molecule has 1 aliphatic rings. The lowest BCUT2D eigenvalue weighted by Gasteiger charge is -2.18. The molecule has 3 rings (SSSR count). The summed E-state index contributed by atoms with van der Waals surface area (Å²) in [6, 6.07) is 13.5. The van der Waals surface area contributed by atoms with Crippen molar-refractivity contribution in [1.82, 2.24) is 4.90 Å². The fourth-order valence-electron chi connectivity index (χ4n) is 3.15. The molecule has 0 atom stereocenters. The summed E-state index contributed by atoms with van der Waals surface area (Å²) in [7, 11) is 1.66. The van der Waals surface area contributed by atoms with Crippen LogP contribution in [-0.4, -0.2) is 36.6 Å². The lowest BCUT2D eigenvalue weighted by Crippen LogP contribution is -2.35. The number of rotatable bonds is 5. The Hall–Kier alpha value is -2.27. The zero-order valence-electron chi connectivity index (χ0n) is 14.5. The Bertz CT molecular complexity index is 804. The number of para-hydroxylation sites is 1. The van der Waals surface area contributed by atoms with Gasteiger partial charge in [-0.15, -0.1) is 11.8 Å². The minimum Gasteiger partial charge on any atom is -0.332 e. The van der Waals surface area contributed by atoms with Crippen LogP contribution in [0, 0.1) is 0 Å². The fourth-order valence-corrected chi connectivity index (χ4v) is 3.70. The minimum atomic E-state index is -0.196. The molecule has 0 saturated carbocycles. The lowest BCUT2D eigenvalue weighted by atomic mass is 10.1. The number of aryl methyl sites for hydroxylation is 2. The van der Waals surface area contributed by atoms with Crippen molar-refractivity contribution < 1.29 is 9.59 Å². The largest absolute Gasteiger partial charge is 0.332 e. The van der Waals surface area contributed by atoms with E-state index in [0.29, 0.717) is 5.56 Å². The Morgan fingerprint density at radius 1 is 1.12 bits per heavy atom. The predicted octanol–water partition coefficient (Wildman–Crippen LogP) is 3.61. The molecule has 5 heteroatoms. The maximum atomic E-state index is 12.6. The van der Waals surface area contributed by atoms with Crippen LogP contribution in [0.5, 0.6) is 0 Å². The van der Waals surface area contributed by atoms with Crippen molar-refractivity contribution in [3.05, 3.63) is 59.2 Å². The first-order valence-electron chi connectivity index (χ1n) is 8.38. The predicted molar refractivity (Wildman–Crippen MR) is 102 cm³/mol. The van der Waals surface area contributed by atoms with E-state index in [1.165, 1.54) is 16.0 Å². The molecule has 0 aromatic heterocycles. The Morgan fingerprint density at radius 2 is 1.88 bits per heavy atom. The van der Waals surface area contributed by atoms with Gasteiger partial charge in [-0.1, -0.05) is 18.2 Å². The number of amides is 2. The van der Waals surface area contributed by atoms with E-state index >= 15 is 0 Å². The number of hydrogen-bond acceptors (Lipinski definition) is 3. The van der Waals surface area contributed by atoms with E-state index in [0.717, 1.165) is 29.8 Å². The van der Waals surface area contributed by atoms with Gasteiger partial charge < -0.3 is 10.2 Å². The van der Waals surface area contributed by atoms with E-state index in [1.807, 2.05) is 48.7 Å². The van der Waals surface area contributed by atoms with Gasteiger partial charge >= 0.3 is 0 Å². The molecule has 0 radical (unpaired) electrons. The molecule has 1 aliphatic carbocycles. The second-order valence-corrected chi connectivity index (χ2v) is 7.09. The Balaban J connectivity index is 1.64. The van der Waals surface area contributed by atoms with Gasteiger partial charge in [0, 0.05) is 17.5 Å². The molecule has 1 N–H and O–H groups in total. The third-order valence-corrected chi connectivity index (χ3v) is 5.25. The number of thioether (sulfide) groups is 1. The molecule has 0 heterocycles. The van der Waals surface area contributed by atoms with E-state index < -0.39 is 0 Å². The highest BCUT2D eigenvalue weighted by molar-refractivity contribution is 7.98. The number of hydrogen-bond donors (Lipinski definition) is 1. The number of carbonyl (C=O) groups is 2. The van der Waals surface area contributed by atoms with Crippen LogP contribution in [0.4, 0.5) is 5.69 Å². The first kappa shape index (κ1) is 17.5. The molecule has 0 bridgehead atoms. The van der Waals surface area contributed by atoms with E-state index in [2.05, 4.69) is 5.32 Å². The average Bonchev–Trinajstić information content (AvgIpc) is 3.09. The first-order valence-corrected chi connectivity index (χ1v) is 9.61. The molecule has 25 heavy (non-hydrogen) atoms. The number of nitrogens with one attached hydrogen (secondary N) is 1. The Labute approximate surface area is 152 Å². The number of carbonyl (C=O) groups excluding carboxylic acids is 2. The van der Waals surface area contributed by atoms with Gasteiger partial charge in [0.05, 0.1) is 12.2 Å². The summed E-state index contributed by atoms with van der Waals surface area (Å²) in [5.41, 5.74) is 4.03. The normalized spacial score (nSPS) is 12.6. The molecule has 0 unspecified atom stereocenters. The van der Waals surface area contributed by atoms with Crippen molar-refractivity contribution in [1.29, 1.82) is 0 Å². The zero-order valence-corrected chi connectivity index (χ0v) is 15.4. The highest BCUT2D eigenvalue weighted by atomic mass is 32.2. The molecule has 2 amide bonds. The monoisotopic (exact) mass is 354 g/mol. The molecule has 0 spiro atoms. The van der Waals surface area contributed by atoms with Crippen LogP contribution >= 0.6 is 11.8 Å². The summed E-state index contributed by atoms with van der Waals surface area (Å²) >= 11 is 1.58. The van der Waals surface area contributed by atoms with E-state index in [-0.39, 0.29) is 18.4 Å². The van der Waals surface area contributed by atoms with Gasteiger partial charge in [0.1, 0.15) is 0 Å². The molecule has 0 aliphatic heterocycles.